The van der Waals surface area contributed by atoms with Gasteiger partial charge >= 0.3 is 0 Å². The average Bonchev–Trinajstić information content (AvgIpc) is 3.32. The summed E-state index contributed by atoms with van der Waals surface area (Å²) in [7, 11) is 1.73. The van der Waals surface area contributed by atoms with Crippen LogP contribution in [0.1, 0.15) is 71.5 Å². The van der Waals surface area contributed by atoms with Gasteiger partial charge in [0.05, 0.1) is 13.2 Å². The predicted molar refractivity (Wildman–Crippen MR) is 149 cm³/mol. The summed E-state index contributed by atoms with van der Waals surface area (Å²) in [6.45, 7) is 11.5. The van der Waals surface area contributed by atoms with Crippen LogP contribution >= 0.6 is 0 Å². The fraction of sp³-hybridized carbons (Fsp3) is 0.793. The van der Waals surface area contributed by atoms with Crippen molar-refractivity contribution in [2.24, 2.45) is 23.7 Å². The normalized spacial score (nSPS) is 28.7. The van der Waals surface area contributed by atoms with Gasteiger partial charge in [0.25, 0.3) is 6.47 Å². The van der Waals surface area contributed by atoms with E-state index in [9.17, 15) is 9.59 Å². The molecule has 3 fully saturated rings. The average molecular weight is 548 g/mol. The summed E-state index contributed by atoms with van der Waals surface area (Å²) in [4.78, 5) is 44.0. The smallest absolute Gasteiger partial charge is 0.290 e. The highest BCUT2D eigenvalue weighted by molar-refractivity contribution is 5.77. The van der Waals surface area contributed by atoms with E-state index in [1.807, 2.05) is 12.4 Å². The van der Waals surface area contributed by atoms with Crippen LogP contribution in [0.5, 0.6) is 0 Å². The summed E-state index contributed by atoms with van der Waals surface area (Å²) in [6.07, 6.45) is 9.93. The molecule has 0 aliphatic carbocycles. The lowest BCUT2D eigenvalue weighted by atomic mass is 9.77. The summed E-state index contributed by atoms with van der Waals surface area (Å²) >= 11 is 0. The number of methoxy groups -OCH3 is 1. The van der Waals surface area contributed by atoms with E-state index in [1.54, 1.807) is 7.11 Å². The van der Waals surface area contributed by atoms with E-state index in [2.05, 4.69) is 45.4 Å². The molecule has 0 radical (unpaired) electrons. The third kappa shape index (κ3) is 9.03. The minimum atomic E-state index is -0.250. The fourth-order valence-corrected chi connectivity index (χ4v) is 6.62. The molecule has 220 valence electrons. The zero-order valence-corrected chi connectivity index (χ0v) is 24.3. The Morgan fingerprint density at radius 3 is 2.69 bits per heavy atom. The van der Waals surface area contributed by atoms with Gasteiger partial charge in [-0.05, 0) is 55.8 Å². The van der Waals surface area contributed by atoms with Gasteiger partial charge < -0.3 is 24.6 Å². The van der Waals surface area contributed by atoms with Crippen molar-refractivity contribution in [3.63, 3.8) is 0 Å². The molecule has 0 spiro atoms. The summed E-state index contributed by atoms with van der Waals surface area (Å²) in [5.41, 5.74) is 0. The lowest BCUT2D eigenvalue weighted by Gasteiger charge is -2.51. The zero-order chi connectivity index (χ0) is 28.4. The predicted octanol–water partition coefficient (Wildman–Crippen LogP) is 3.01. The molecule has 1 aromatic rings. The molecule has 2 N–H and O–H groups in total. The van der Waals surface area contributed by atoms with Crippen molar-refractivity contribution in [3.8, 4) is 0 Å². The molecule has 3 aliphatic heterocycles. The molecule has 10 heteroatoms. The number of nitrogens with zero attached hydrogens (tertiary/aromatic N) is 4. The van der Waals surface area contributed by atoms with Crippen LogP contribution in [0.2, 0.25) is 0 Å². The fourth-order valence-electron chi connectivity index (χ4n) is 6.62. The lowest BCUT2D eigenvalue weighted by molar-refractivity contribution is -0.142. The molecule has 4 rings (SSSR count). The van der Waals surface area contributed by atoms with Crippen molar-refractivity contribution in [1.82, 2.24) is 24.7 Å². The Kier molecular flexibility index (Phi) is 12.2. The van der Waals surface area contributed by atoms with E-state index in [1.165, 1.54) is 6.42 Å². The van der Waals surface area contributed by atoms with Gasteiger partial charge in [0.15, 0.2) is 0 Å². The van der Waals surface area contributed by atoms with E-state index < -0.39 is 0 Å². The Morgan fingerprint density at radius 1 is 1.21 bits per heavy atom. The number of amides is 2. The van der Waals surface area contributed by atoms with Crippen molar-refractivity contribution in [2.75, 3.05) is 33.4 Å². The van der Waals surface area contributed by atoms with E-state index in [0.717, 1.165) is 64.2 Å². The Labute approximate surface area is 233 Å². The van der Waals surface area contributed by atoms with E-state index in [-0.39, 0.29) is 24.5 Å². The molecule has 10 nitrogen and oxygen atoms in total. The maximum Gasteiger partial charge on any atom is 0.290 e. The highest BCUT2D eigenvalue weighted by Crippen LogP contribution is 2.37. The van der Waals surface area contributed by atoms with Crippen LogP contribution < -0.4 is 5.32 Å². The lowest BCUT2D eigenvalue weighted by Crippen LogP contribution is -2.59. The zero-order valence-electron chi connectivity index (χ0n) is 24.3. The van der Waals surface area contributed by atoms with E-state index in [0.29, 0.717) is 49.0 Å². The number of aromatic nitrogens is 2. The first-order chi connectivity index (χ1) is 18.7. The number of carbonyl (C=O) groups excluding carboxylic acids is 2. The molecule has 3 saturated heterocycles. The number of hydrogen-bond acceptors (Lipinski definition) is 6. The van der Waals surface area contributed by atoms with Crippen LogP contribution in [-0.4, -0.2) is 88.2 Å². The highest BCUT2D eigenvalue weighted by Gasteiger charge is 2.42. The Bertz CT molecular complexity index is 922. The van der Waals surface area contributed by atoms with Crippen LogP contribution in [0.3, 0.4) is 0 Å². The topological polar surface area (TPSA) is 117 Å². The molecule has 2 amide bonds. The van der Waals surface area contributed by atoms with Crippen molar-refractivity contribution < 1.29 is 24.2 Å². The molecule has 1 aromatic heterocycles. The third-order valence-corrected chi connectivity index (χ3v) is 8.62. The Balaban J connectivity index is 0.00000134. The molecular weight excluding hydrogens is 498 g/mol. The number of fused-ring (bicyclic) bond motifs is 4. The molecule has 0 aromatic carbocycles. The molecule has 5 atom stereocenters. The van der Waals surface area contributed by atoms with E-state index >= 15 is 0 Å². The number of nitrogens with one attached hydrogen (secondary N) is 1. The van der Waals surface area contributed by atoms with Gasteiger partial charge in [0.1, 0.15) is 5.82 Å². The molecule has 0 unspecified atom stereocenters. The van der Waals surface area contributed by atoms with Gasteiger partial charge in [-0.15, -0.1) is 0 Å². The molecular formula is C29H49N5O5. The standard InChI is InChI=1S/C28H47N5O3.CH2O2/c1-20(2)24-9-8-21(3)14-28(35)33-17-22-15-23(25(33)6-5-7-27(34)30-24)18-31(16-22)19-26-29-10-11-32(26)12-13-36-4;2-1-3/h10-11,20-25H,5-9,12-19H2,1-4H3,(H,30,34);1H,(H,2,3)/t21-,22+,23-,24+,25+;/m1./s1. The van der Waals surface area contributed by atoms with Crippen molar-refractivity contribution in [2.45, 2.75) is 90.9 Å². The Hall–Kier alpha value is -2.46. The number of ether oxygens (including phenoxy) is 1. The first-order valence-corrected chi connectivity index (χ1v) is 14.6. The second-order valence-electron chi connectivity index (χ2n) is 12.0. The van der Waals surface area contributed by atoms with Crippen LogP contribution in [0.4, 0.5) is 0 Å². The van der Waals surface area contributed by atoms with Crippen molar-refractivity contribution in [1.29, 1.82) is 0 Å². The molecule has 0 saturated carbocycles. The first-order valence-electron chi connectivity index (χ1n) is 14.6. The minimum absolute atomic E-state index is 0.167. The highest BCUT2D eigenvalue weighted by atomic mass is 16.5. The second kappa shape index (κ2) is 15.4. The summed E-state index contributed by atoms with van der Waals surface area (Å²) in [6, 6.07) is 0.425. The van der Waals surface area contributed by atoms with Gasteiger partial charge in [-0.3, -0.25) is 19.3 Å². The maximum atomic E-state index is 13.6. The maximum absolute atomic E-state index is 13.6. The monoisotopic (exact) mass is 547 g/mol. The number of likely N-dealkylation sites (tertiary alicyclic amines) is 1. The van der Waals surface area contributed by atoms with Crippen LogP contribution in [0, 0.1) is 23.7 Å². The summed E-state index contributed by atoms with van der Waals surface area (Å²) < 4.78 is 7.45. The largest absolute Gasteiger partial charge is 0.483 e. The molecule has 4 heterocycles. The summed E-state index contributed by atoms with van der Waals surface area (Å²) in [5, 5.41) is 10.2. The van der Waals surface area contributed by atoms with Gasteiger partial charge in [-0.25, -0.2) is 4.98 Å². The van der Waals surface area contributed by atoms with Crippen molar-refractivity contribution >= 4 is 18.3 Å². The molecule has 3 aliphatic rings. The SMILES string of the molecule is COCCn1ccnc1CN1C[C@@H]2C[C@H](C1)[C@@H]1CCCC(=O)N[C@H](C(C)C)CC[C@@H](C)CC(=O)N1C2.O=CO. The quantitative estimate of drug-likeness (QED) is 0.526. The second-order valence-corrected chi connectivity index (χ2v) is 12.0. The number of carbonyl (C=O) groups is 3. The number of carboxylic acid groups (broad SMARTS) is 1. The van der Waals surface area contributed by atoms with Crippen molar-refractivity contribution in [3.05, 3.63) is 18.2 Å². The number of imidazole rings is 1. The van der Waals surface area contributed by atoms with Gasteiger partial charge in [0.2, 0.25) is 11.8 Å². The molecule has 2 bridgehead atoms. The summed E-state index contributed by atoms with van der Waals surface area (Å²) in [5.74, 6) is 3.28. The van der Waals surface area contributed by atoms with Crippen LogP contribution in [0.25, 0.3) is 0 Å². The van der Waals surface area contributed by atoms with Crippen LogP contribution in [-0.2, 0) is 32.2 Å². The van der Waals surface area contributed by atoms with E-state index in [4.69, 9.17) is 14.6 Å². The number of piperidine rings is 2. The third-order valence-electron chi connectivity index (χ3n) is 8.62. The number of hydrogen-bond donors (Lipinski definition) is 2. The molecule has 39 heavy (non-hydrogen) atoms. The first kappa shape index (κ1) is 31.1. The van der Waals surface area contributed by atoms with Gasteiger partial charge in [0, 0.05) is 70.6 Å². The van der Waals surface area contributed by atoms with Crippen LogP contribution in [0.15, 0.2) is 12.4 Å². The minimum Gasteiger partial charge on any atom is -0.483 e. The number of rotatable bonds is 6. The Morgan fingerprint density at radius 2 is 1.97 bits per heavy atom. The van der Waals surface area contributed by atoms with Gasteiger partial charge in [-0.2, -0.15) is 0 Å². The van der Waals surface area contributed by atoms with Gasteiger partial charge in [-0.1, -0.05) is 20.8 Å².